The van der Waals surface area contributed by atoms with E-state index in [0.717, 1.165) is 11.1 Å². The molecule has 142 valence electrons. The van der Waals surface area contributed by atoms with Crippen LogP contribution in [-0.2, 0) is 0 Å². The van der Waals surface area contributed by atoms with Gasteiger partial charge in [0.25, 0.3) is 5.69 Å². The maximum Gasteiger partial charge on any atom is 0.322 e. The fourth-order valence-corrected chi connectivity index (χ4v) is 2.95. The SMILES string of the molecule is CN(C(=O)Nc1cccc([N+](=O)[O-])c1)C(c1ccccc1)c1ccc(F)cc1. The van der Waals surface area contributed by atoms with Gasteiger partial charge in [-0.2, -0.15) is 0 Å². The fraction of sp³-hybridized carbons (Fsp3) is 0.0952. The molecule has 1 atom stereocenters. The van der Waals surface area contributed by atoms with Gasteiger partial charge >= 0.3 is 6.03 Å². The van der Waals surface area contributed by atoms with Crippen LogP contribution in [0.3, 0.4) is 0 Å². The summed E-state index contributed by atoms with van der Waals surface area (Å²) in [6.45, 7) is 0. The Labute approximate surface area is 161 Å². The van der Waals surface area contributed by atoms with Crippen LogP contribution in [0, 0.1) is 15.9 Å². The molecule has 1 unspecified atom stereocenters. The minimum Gasteiger partial charge on any atom is -0.316 e. The van der Waals surface area contributed by atoms with Gasteiger partial charge in [0.15, 0.2) is 0 Å². The number of carbonyl (C=O) groups excluding carboxylic acids is 1. The first kappa shape index (κ1) is 19.0. The molecule has 0 radical (unpaired) electrons. The van der Waals surface area contributed by atoms with E-state index < -0.39 is 17.0 Å². The summed E-state index contributed by atoms with van der Waals surface area (Å²) >= 11 is 0. The zero-order chi connectivity index (χ0) is 20.1. The molecule has 3 rings (SSSR count). The number of carbonyl (C=O) groups is 1. The highest BCUT2D eigenvalue weighted by molar-refractivity contribution is 5.90. The predicted molar refractivity (Wildman–Crippen MR) is 105 cm³/mol. The van der Waals surface area contributed by atoms with Crippen LogP contribution in [0.15, 0.2) is 78.9 Å². The number of nitrogens with one attached hydrogen (secondary N) is 1. The molecule has 0 aliphatic heterocycles. The zero-order valence-corrected chi connectivity index (χ0v) is 15.1. The van der Waals surface area contributed by atoms with Crippen molar-refractivity contribution in [3.8, 4) is 0 Å². The summed E-state index contributed by atoms with van der Waals surface area (Å²) in [6, 6.07) is 20.1. The highest BCUT2D eigenvalue weighted by atomic mass is 19.1. The average molecular weight is 379 g/mol. The molecule has 7 heteroatoms. The van der Waals surface area contributed by atoms with Crippen LogP contribution in [-0.4, -0.2) is 22.9 Å². The minimum atomic E-state index is -0.523. The van der Waals surface area contributed by atoms with Crippen molar-refractivity contribution in [1.29, 1.82) is 0 Å². The first-order chi connectivity index (χ1) is 13.5. The van der Waals surface area contributed by atoms with Crippen molar-refractivity contribution in [2.75, 3.05) is 12.4 Å². The number of rotatable bonds is 5. The third-order valence-electron chi connectivity index (χ3n) is 4.32. The Bertz CT molecular complexity index is 978. The molecule has 0 spiro atoms. The molecule has 0 fully saturated rings. The van der Waals surface area contributed by atoms with Crippen molar-refractivity contribution < 1.29 is 14.1 Å². The smallest absolute Gasteiger partial charge is 0.316 e. The van der Waals surface area contributed by atoms with E-state index in [1.54, 1.807) is 25.2 Å². The van der Waals surface area contributed by atoms with Gasteiger partial charge in [-0.1, -0.05) is 48.5 Å². The van der Waals surface area contributed by atoms with Gasteiger partial charge in [-0.25, -0.2) is 9.18 Å². The van der Waals surface area contributed by atoms with E-state index in [1.165, 1.54) is 35.2 Å². The number of nitro benzene ring substituents is 1. The second-order valence-electron chi connectivity index (χ2n) is 6.21. The molecular formula is C21H18FN3O3. The molecule has 0 saturated heterocycles. The zero-order valence-electron chi connectivity index (χ0n) is 15.1. The van der Waals surface area contributed by atoms with E-state index in [2.05, 4.69) is 5.32 Å². The monoisotopic (exact) mass is 379 g/mol. The Balaban J connectivity index is 1.89. The number of benzene rings is 3. The Morgan fingerprint density at radius 2 is 1.64 bits per heavy atom. The van der Waals surface area contributed by atoms with E-state index in [9.17, 15) is 19.3 Å². The van der Waals surface area contributed by atoms with Crippen LogP contribution in [0.2, 0.25) is 0 Å². The van der Waals surface area contributed by atoms with Crippen LogP contribution >= 0.6 is 0 Å². The van der Waals surface area contributed by atoms with Gasteiger partial charge < -0.3 is 10.2 Å². The number of nitrogens with zero attached hydrogens (tertiary/aromatic N) is 2. The molecule has 0 bridgehead atoms. The molecule has 28 heavy (non-hydrogen) atoms. The van der Waals surface area contributed by atoms with Gasteiger partial charge in [-0.15, -0.1) is 0 Å². The standard InChI is InChI=1S/C21H18FN3O3/c1-24(21(26)23-18-8-5-9-19(14-18)25(27)28)20(15-6-3-2-4-7-15)16-10-12-17(22)13-11-16/h2-14,20H,1H3,(H,23,26). The number of hydrogen-bond donors (Lipinski definition) is 1. The summed E-state index contributed by atoms with van der Waals surface area (Å²) in [5.41, 5.74) is 1.80. The number of hydrogen-bond acceptors (Lipinski definition) is 3. The van der Waals surface area contributed by atoms with E-state index >= 15 is 0 Å². The molecule has 0 aromatic heterocycles. The van der Waals surface area contributed by atoms with Gasteiger partial charge in [0.1, 0.15) is 5.82 Å². The van der Waals surface area contributed by atoms with E-state index in [-0.39, 0.29) is 11.5 Å². The highest BCUT2D eigenvalue weighted by Crippen LogP contribution is 2.28. The van der Waals surface area contributed by atoms with Crippen LogP contribution in [0.4, 0.5) is 20.6 Å². The topological polar surface area (TPSA) is 75.5 Å². The number of amides is 2. The van der Waals surface area contributed by atoms with Crippen LogP contribution in [0.5, 0.6) is 0 Å². The lowest BCUT2D eigenvalue weighted by molar-refractivity contribution is -0.384. The molecule has 0 saturated carbocycles. The lowest BCUT2D eigenvalue weighted by Gasteiger charge is -2.29. The van der Waals surface area contributed by atoms with E-state index in [4.69, 9.17) is 0 Å². The van der Waals surface area contributed by atoms with Gasteiger partial charge in [0, 0.05) is 24.9 Å². The van der Waals surface area contributed by atoms with Gasteiger partial charge in [0.2, 0.25) is 0 Å². The van der Waals surface area contributed by atoms with E-state index in [1.807, 2.05) is 30.3 Å². The Morgan fingerprint density at radius 1 is 1.00 bits per heavy atom. The Hall–Kier alpha value is -3.74. The van der Waals surface area contributed by atoms with Crippen molar-refractivity contribution in [2.45, 2.75) is 6.04 Å². The van der Waals surface area contributed by atoms with Crippen molar-refractivity contribution in [3.05, 3.63) is 106 Å². The molecule has 1 N–H and O–H groups in total. The maximum atomic E-state index is 13.4. The largest absolute Gasteiger partial charge is 0.322 e. The molecule has 2 amide bonds. The average Bonchev–Trinajstić information content (AvgIpc) is 2.70. The predicted octanol–water partition coefficient (Wildman–Crippen LogP) is 4.99. The second-order valence-corrected chi connectivity index (χ2v) is 6.21. The number of anilines is 1. The quantitative estimate of drug-likeness (QED) is 0.501. The number of urea groups is 1. The minimum absolute atomic E-state index is 0.112. The Morgan fingerprint density at radius 3 is 2.29 bits per heavy atom. The molecule has 3 aromatic rings. The van der Waals surface area contributed by atoms with Gasteiger partial charge in [0.05, 0.1) is 11.0 Å². The lowest BCUT2D eigenvalue weighted by Crippen LogP contribution is -2.35. The van der Waals surface area contributed by atoms with Crippen molar-refractivity contribution in [3.63, 3.8) is 0 Å². The highest BCUT2D eigenvalue weighted by Gasteiger charge is 2.24. The molecule has 0 aliphatic carbocycles. The number of non-ortho nitro benzene ring substituents is 1. The summed E-state index contributed by atoms with van der Waals surface area (Å²) in [5.74, 6) is -0.362. The lowest BCUT2D eigenvalue weighted by atomic mass is 9.97. The van der Waals surface area contributed by atoms with Crippen LogP contribution in [0.25, 0.3) is 0 Å². The molecule has 3 aromatic carbocycles. The summed E-state index contributed by atoms with van der Waals surface area (Å²) in [5, 5.41) is 13.6. The molecule has 0 heterocycles. The first-order valence-electron chi connectivity index (χ1n) is 8.54. The summed E-state index contributed by atoms with van der Waals surface area (Å²) < 4.78 is 13.4. The number of nitro groups is 1. The maximum absolute atomic E-state index is 13.4. The van der Waals surface area contributed by atoms with Gasteiger partial charge in [-0.3, -0.25) is 10.1 Å². The molecular weight excluding hydrogens is 361 g/mol. The molecule has 0 aliphatic rings. The number of halogens is 1. The van der Waals surface area contributed by atoms with Crippen LogP contribution < -0.4 is 5.32 Å². The van der Waals surface area contributed by atoms with Crippen molar-refractivity contribution >= 4 is 17.4 Å². The fourth-order valence-electron chi connectivity index (χ4n) is 2.95. The normalized spacial score (nSPS) is 11.5. The second kappa shape index (κ2) is 8.30. The van der Waals surface area contributed by atoms with Crippen LogP contribution in [0.1, 0.15) is 17.2 Å². The third kappa shape index (κ3) is 4.32. The third-order valence-corrected chi connectivity index (χ3v) is 4.32. The first-order valence-corrected chi connectivity index (χ1v) is 8.54. The molecule has 6 nitrogen and oxygen atoms in total. The summed E-state index contributed by atoms with van der Waals surface area (Å²) in [6.07, 6.45) is 0. The Kier molecular flexibility index (Phi) is 5.64. The van der Waals surface area contributed by atoms with E-state index in [0.29, 0.717) is 5.69 Å². The van der Waals surface area contributed by atoms with Crippen molar-refractivity contribution in [2.24, 2.45) is 0 Å². The summed E-state index contributed by atoms with van der Waals surface area (Å²) in [4.78, 5) is 24.7. The summed E-state index contributed by atoms with van der Waals surface area (Å²) in [7, 11) is 1.62. The van der Waals surface area contributed by atoms with Crippen molar-refractivity contribution in [1.82, 2.24) is 4.90 Å². The van der Waals surface area contributed by atoms with Gasteiger partial charge in [-0.05, 0) is 29.3 Å².